The number of amides is 1. The molecule has 1 saturated heterocycles. The third-order valence-corrected chi connectivity index (χ3v) is 5.92. The number of thioether (sulfide) groups is 1. The van der Waals surface area contributed by atoms with Crippen LogP contribution in [0.25, 0.3) is 0 Å². The van der Waals surface area contributed by atoms with Gasteiger partial charge in [0.05, 0.1) is 18.2 Å². The van der Waals surface area contributed by atoms with Crippen LogP contribution in [0.15, 0.2) is 35.4 Å². The molecule has 29 heavy (non-hydrogen) atoms. The summed E-state index contributed by atoms with van der Waals surface area (Å²) in [5, 5.41) is 3.63. The van der Waals surface area contributed by atoms with Gasteiger partial charge in [0.2, 0.25) is 0 Å². The predicted molar refractivity (Wildman–Crippen MR) is 115 cm³/mol. The molecule has 1 aromatic heterocycles. The fourth-order valence-corrected chi connectivity index (χ4v) is 4.29. The van der Waals surface area contributed by atoms with Crippen molar-refractivity contribution in [3.05, 3.63) is 52.8 Å². The van der Waals surface area contributed by atoms with E-state index >= 15 is 0 Å². The molecule has 1 atom stereocenters. The molecule has 1 aromatic carbocycles. The first-order chi connectivity index (χ1) is 14.0. The highest BCUT2D eigenvalue weighted by Gasteiger charge is 2.23. The number of nitrogens with one attached hydrogen (secondary N) is 1. The lowest BCUT2D eigenvalue weighted by Gasteiger charge is -2.32. The zero-order valence-corrected chi connectivity index (χ0v) is 18.0. The van der Waals surface area contributed by atoms with Crippen molar-refractivity contribution in [3.8, 4) is 0 Å². The van der Waals surface area contributed by atoms with E-state index in [0.29, 0.717) is 18.2 Å². The van der Waals surface area contributed by atoms with Gasteiger partial charge in [0.25, 0.3) is 5.91 Å². The van der Waals surface area contributed by atoms with Crippen molar-refractivity contribution >= 4 is 23.5 Å². The number of halogens is 1. The second-order valence-corrected chi connectivity index (χ2v) is 8.46. The Morgan fingerprint density at radius 1 is 1.41 bits per heavy atom. The molecule has 0 bridgehead atoms. The maximum atomic E-state index is 13.4. The highest BCUT2D eigenvalue weighted by molar-refractivity contribution is 7.99. The third-order valence-electron chi connectivity index (χ3n) is 5.07. The van der Waals surface area contributed by atoms with Crippen molar-refractivity contribution in [2.75, 3.05) is 30.9 Å². The Balaban J connectivity index is 1.80. The molecule has 3 rings (SSSR count). The van der Waals surface area contributed by atoms with Gasteiger partial charge in [-0.15, -0.1) is 11.8 Å². The predicted octanol–water partition coefficient (Wildman–Crippen LogP) is 4.19. The number of anilines is 1. The van der Waals surface area contributed by atoms with Gasteiger partial charge in [-0.1, -0.05) is 19.1 Å². The Hall–Kier alpha value is -2.12. The van der Waals surface area contributed by atoms with Crippen LogP contribution in [0.4, 0.5) is 10.2 Å². The first kappa shape index (κ1) is 21.6. The van der Waals surface area contributed by atoms with Crippen molar-refractivity contribution in [3.63, 3.8) is 0 Å². The number of benzene rings is 1. The summed E-state index contributed by atoms with van der Waals surface area (Å²) in [6.45, 7) is 5.77. The molecule has 0 radical (unpaired) electrons. The van der Waals surface area contributed by atoms with Crippen LogP contribution >= 0.6 is 11.8 Å². The number of aryl methyl sites for hydroxylation is 1. The van der Waals surface area contributed by atoms with E-state index in [9.17, 15) is 9.18 Å². The van der Waals surface area contributed by atoms with Gasteiger partial charge in [0, 0.05) is 20.2 Å². The molecule has 0 aliphatic carbocycles. The van der Waals surface area contributed by atoms with E-state index in [1.165, 1.54) is 12.1 Å². The van der Waals surface area contributed by atoms with Crippen LogP contribution in [0, 0.1) is 12.7 Å². The molecule has 0 saturated carbocycles. The number of carbonyl (C=O) groups is 1. The van der Waals surface area contributed by atoms with E-state index in [4.69, 9.17) is 9.72 Å². The van der Waals surface area contributed by atoms with E-state index < -0.39 is 0 Å². The van der Waals surface area contributed by atoms with E-state index in [1.54, 1.807) is 23.9 Å². The number of hydrogen-bond acceptors (Lipinski definition) is 5. The average molecular weight is 418 g/mol. The summed E-state index contributed by atoms with van der Waals surface area (Å²) >= 11 is 1.56. The van der Waals surface area contributed by atoms with E-state index in [0.717, 1.165) is 47.2 Å². The number of aromatic nitrogens is 1. The lowest BCUT2D eigenvalue weighted by molar-refractivity contribution is 0.0804. The van der Waals surface area contributed by atoms with Gasteiger partial charge >= 0.3 is 0 Å². The molecule has 1 aliphatic rings. The lowest BCUT2D eigenvalue weighted by atomic mass is 10.1. The van der Waals surface area contributed by atoms with Crippen LogP contribution in [-0.4, -0.2) is 42.9 Å². The maximum Gasteiger partial charge on any atom is 0.254 e. The number of pyridine rings is 1. The molecule has 2 heterocycles. The molecular weight excluding hydrogens is 389 g/mol. The minimum Gasteiger partial charge on any atom is -0.379 e. The van der Waals surface area contributed by atoms with Gasteiger partial charge in [-0.05, 0) is 54.8 Å². The maximum absolute atomic E-state index is 13.4. The summed E-state index contributed by atoms with van der Waals surface area (Å²) in [5.41, 5.74) is 2.19. The zero-order valence-electron chi connectivity index (χ0n) is 17.2. The zero-order chi connectivity index (χ0) is 20.8. The van der Waals surface area contributed by atoms with Crippen molar-refractivity contribution in [2.24, 2.45) is 0 Å². The highest BCUT2D eigenvalue weighted by atomic mass is 32.2. The number of carbonyl (C=O) groups excluding carboxylic acids is 1. The second kappa shape index (κ2) is 10.1. The molecule has 2 aromatic rings. The van der Waals surface area contributed by atoms with E-state index in [1.807, 2.05) is 27.0 Å². The molecule has 1 fully saturated rings. The number of ether oxygens (including phenoxy) is 1. The fraction of sp³-hybridized carbons (Fsp3) is 0.455. The van der Waals surface area contributed by atoms with Crippen LogP contribution in [0.5, 0.6) is 0 Å². The number of hydrogen-bond donors (Lipinski definition) is 1. The smallest absolute Gasteiger partial charge is 0.254 e. The van der Waals surface area contributed by atoms with Gasteiger partial charge in [0.15, 0.2) is 0 Å². The first-order valence-corrected chi connectivity index (χ1v) is 11.0. The van der Waals surface area contributed by atoms with Crippen LogP contribution in [0.2, 0.25) is 0 Å². The fourth-order valence-electron chi connectivity index (χ4n) is 3.46. The molecule has 1 unspecified atom stereocenters. The SMILES string of the molecule is CCSc1nc(N(C)C2CCCOC2)cc(C)c1C(=O)NCc1cccc(F)c1. The Labute approximate surface area is 176 Å². The van der Waals surface area contributed by atoms with Crippen LogP contribution in [0.1, 0.15) is 41.3 Å². The summed E-state index contributed by atoms with van der Waals surface area (Å²) in [5.74, 6) is 1.17. The standard InChI is InChI=1S/C22H28FN3O2S/c1-4-29-22-20(21(27)24-13-16-7-5-8-17(23)12-16)15(2)11-19(25-22)26(3)18-9-6-10-28-14-18/h5,7-8,11-12,18H,4,6,9-10,13-14H2,1-3H3,(H,24,27). The van der Waals surface area contributed by atoms with Gasteiger partial charge in [-0.3, -0.25) is 4.79 Å². The number of rotatable bonds is 7. The summed E-state index contributed by atoms with van der Waals surface area (Å²) in [6, 6.07) is 8.51. The van der Waals surface area contributed by atoms with Gasteiger partial charge in [-0.2, -0.15) is 0 Å². The highest BCUT2D eigenvalue weighted by Crippen LogP contribution is 2.29. The molecule has 156 valence electrons. The van der Waals surface area contributed by atoms with Crippen molar-refractivity contribution < 1.29 is 13.9 Å². The Kier molecular flexibility index (Phi) is 7.50. The molecule has 5 nitrogen and oxygen atoms in total. The molecule has 1 amide bonds. The second-order valence-electron chi connectivity index (χ2n) is 7.20. The monoisotopic (exact) mass is 417 g/mol. The third kappa shape index (κ3) is 5.48. The Bertz CT molecular complexity index is 856. The summed E-state index contributed by atoms with van der Waals surface area (Å²) < 4.78 is 19.0. The van der Waals surface area contributed by atoms with Crippen molar-refractivity contribution in [1.29, 1.82) is 0 Å². The van der Waals surface area contributed by atoms with Gasteiger partial charge < -0.3 is 15.0 Å². The minimum atomic E-state index is -0.309. The van der Waals surface area contributed by atoms with Crippen LogP contribution in [0.3, 0.4) is 0 Å². The normalized spacial score (nSPS) is 16.5. The number of likely N-dealkylation sites (N-methyl/N-ethyl adjacent to an activating group) is 1. The van der Waals surface area contributed by atoms with Gasteiger partial charge in [-0.25, -0.2) is 9.37 Å². The first-order valence-electron chi connectivity index (χ1n) is 9.97. The Morgan fingerprint density at radius 3 is 2.93 bits per heavy atom. The van der Waals surface area contributed by atoms with E-state index in [2.05, 4.69) is 10.2 Å². The summed E-state index contributed by atoms with van der Waals surface area (Å²) in [4.78, 5) is 19.9. The molecule has 0 spiro atoms. The van der Waals surface area contributed by atoms with E-state index in [-0.39, 0.29) is 18.3 Å². The topological polar surface area (TPSA) is 54.5 Å². The quantitative estimate of drug-likeness (QED) is 0.685. The van der Waals surface area contributed by atoms with Crippen molar-refractivity contribution in [2.45, 2.75) is 44.3 Å². The molecule has 7 heteroatoms. The largest absolute Gasteiger partial charge is 0.379 e. The summed E-state index contributed by atoms with van der Waals surface area (Å²) in [7, 11) is 2.03. The van der Waals surface area contributed by atoms with Crippen molar-refractivity contribution in [1.82, 2.24) is 10.3 Å². The van der Waals surface area contributed by atoms with Crippen LogP contribution in [-0.2, 0) is 11.3 Å². The van der Waals surface area contributed by atoms with Crippen LogP contribution < -0.4 is 10.2 Å². The molecular formula is C22H28FN3O2S. The van der Waals surface area contributed by atoms with Gasteiger partial charge in [0.1, 0.15) is 16.7 Å². The minimum absolute atomic E-state index is 0.189. The molecule has 1 N–H and O–H groups in total. The average Bonchev–Trinajstić information content (AvgIpc) is 2.72. The Morgan fingerprint density at radius 2 is 2.24 bits per heavy atom. The summed E-state index contributed by atoms with van der Waals surface area (Å²) in [6.07, 6.45) is 2.12. The molecule has 1 aliphatic heterocycles. The lowest BCUT2D eigenvalue weighted by Crippen LogP contribution is -2.39. The number of nitrogens with zero attached hydrogens (tertiary/aromatic N) is 2.